The molecule has 0 spiro atoms. The predicted octanol–water partition coefficient (Wildman–Crippen LogP) is 0.338. The van der Waals surface area contributed by atoms with E-state index >= 15 is 0 Å². The van der Waals surface area contributed by atoms with Gasteiger partial charge in [0.2, 0.25) is 14.2 Å². The first-order valence-electron chi connectivity index (χ1n) is 24.0. The molecule has 3 aromatic heterocycles. The van der Waals surface area contributed by atoms with E-state index in [1.807, 2.05) is 44.0 Å². The maximum Gasteiger partial charge on any atom is 1.00 e. The van der Waals surface area contributed by atoms with E-state index in [0.717, 1.165) is 56.7 Å². The maximum atomic E-state index is 11.4. The Labute approximate surface area is 544 Å². The van der Waals surface area contributed by atoms with Gasteiger partial charge in [-0.15, -0.1) is 30.6 Å². The molecule has 3 aliphatic rings. The summed E-state index contributed by atoms with van der Waals surface area (Å²) in [5, 5.41) is 65.6. The maximum absolute atomic E-state index is 11.4. The summed E-state index contributed by atoms with van der Waals surface area (Å²) in [4.78, 5) is 33.0. The molecule has 0 unspecified atom stereocenters. The molecule has 77 heavy (non-hydrogen) atoms. The van der Waals surface area contributed by atoms with E-state index in [2.05, 4.69) is 157 Å². The van der Waals surface area contributed by atoms with Gasteiger partial charge in [-0.2, -0.15) is 0 Å². The number of aromatic nitrogens is 9. The van der Waals surface area contributed by atoms with Crippen LogP contribution in [-0.2, 0) is 20.8 Å². The van der Waals surface area contributed by atoms with Crippen molar-refractivity contribution in [1.82, 2.24) is 44.3 Å². The Kier molecular flexibility index (Phi) is 21.4. The number of halogens is 3. The average molecular weight is 1290 g/mol. The quantitative estimate of drug-likeness (QED) is 0.100. The van der Waals surface area contributed by atoms with Gasteiger partial charge < -0.3 is 29.7 Å². The molecule has 0 saturated heterocycles. The van der Waals surface area contributed by atoms with Crippen molar-refractivity contribution in [2.24, 2.45) is 0 Å². The molecule has 0 bridgehead atoms. The summed E-state index contributed by atoms with van der Waals surface area (Å²) in [7, 11) is 0. The monoisotopic (exact) mass is 1290 g/mol. The topological polar surface area (TPSA) is 213 Å². The molecular weight excluding hydrogens is 1240 g/mol. The number of aliphatic carboxylic acids is 3. The SMILES string of the molecule is CC(C)(Sc1nnc(Br)n1-c1ccc(C2CC2)c2ccccc12)C(=O)[O-].O=C([O-])CCc1nnc(Br)n1-c1ccc(C2CC2)c2ccccc12.O=C([O-])CSc1nnc(Br)n1-c1ccc(C2CC2)c2ccccc12.[Na+].[Na+].[Na+]. The van der Waals surface area contributed by atoms with Crippen LogP contribution < -0.4 is 104 Å². The van der Waals surface area contributed by atoms with Gasteiger partial charge in [0, 0.05) is 34.3 Å². The number of nitrogens with zero attached hydrogens (tertiary/aromatic N) is 9. The molecule has 3 heterocycles. The van der Waals surface area contributed by atoms with Crippen molar-refractivity contribution in [2.75, 3.05) is 5.75 Å². The van der Waals surface area contributed by atoms with Gasteiger partial charge in [-0.3, -0.25) is 13.7 Å². The molecule has 9 aromatic rings. The Morgan fingerprint density at radius 1 is 0.506 bits per heavy atom. The van der Waals surface area contributed by atoms with Crippen LogP contribution in [-0.4, -0.2) is 72.7 Å². The number of carboxylic acids is 3. The standard InChI is InChI=1S/C19H18BrN3O2S.C18H16BrN3O2.C17H14BrN3O2S.3Na/c1-19(2,16(24)25)26-18-22-21-17(20)23(18)15-10-9-12(11-7-8-11)13-5-3-4-6-14(13)15;19-18-21-20-16(9-10-17(23)24)22(18)15-8-7-12(11-5-6-11)13-3-1-2-4-14(13)15;18-16-19-20-17(24-9-15(22)23)21(16)14-8-7-11(10-5-6-10)12-3-1-2-4-13(12)14;;;/h3-6,9-11H,7-8H2,1-2H3,(H,24,25);1-4,7-8,11H,5-6,9-10H2,(H,23,24);1-4,7-8,10H,5-6,9H2,(H,22,23);;;/q;;;3*+1/p-3. The third kappa shape index (κ3) is 14.1. The van der Waals surface area contributed by atoms with E-state index in [4.69, 9.17) is 0 Å². The molecule has 0 radical (unpaired) electrons. The number of benzene rings is 6. The molecule has 3 fully saturated rings. The zero-order chi connectivity index (χ0) is 51.8. The van der Waals surface area contributed by atoms with Gasteiger partial charge in [0.1, 0.15) is 5.82 Å². The molecule has 3 aliphatic carbocycles. The van der Waals surface area contributed by atoms with Crippen LogP contribution >= 0.6 is 71.3 Å². The Morgan fingerprint density at radius 3 is 1.26 bits per heavy atom. The van der Waals surface area contributed by atoms with E-state index in [9.17, 15) is 29.7 Å². The van der Waals surface area contributed by atoms with Gasteiger partial charge in [-0.1, -0.05) is 115 Å². The molecule has 0 N–H and O–H groups in total. The van der Waals surface area contributed by atoms with E-state index in [-0.39, 0.29) is 107 Å². The minimum absolute atomic E-state index is 0. The van der Waals surface area contributed by atoms with Gasteiger partial charge in [0.05, 0.1) is 33.7 Å². The number of rotatable bonds is 15. The number of carbonyl (C=O) groups excluding carboxylic acids is 3. The van der Waals surface area contributed by atoms with Crippen molar-refractivity contribution in [2.45, 2.75) is 98.0 Å². The number of carbonyl (C=O) groups is 3. The molecule has 6 aromatic carbocycles. The zero-order valence-electron chi connectivity index (χ0n) is 42.9. The zero-order valence-corrected chi connectivity index (χ0v) is 55.3. The first-order chi connectivity index (χ1) is 35.7. The Bertz CT molecular complexity index is 3490. The van der Waals surface area contributed by atoms with Crippen molar-refractivity contribution < 1.29 is 118 Å². The van der Waals surface area contributed by atoms with E-state index < -0.39 is 22.7 Å². The summed E-state index contributed by atoms with van der Waals surface area (Å²) < 4.78 is 6.11. The van der Waals surface area contributed by atoms with Crippen LogP contribution in [0.25, 0.3) is 49.4 Å². The van der Waals surface area contributed by atoms with Crippen LogP contribution in [0.4, 0.5) is 0 Å². The van der Waals surface area contributed by atoms with Gasteiger partial charge in [0.25, 0.3) is 0 Å². The van der Waals surface area contributed by atoms with Crippen LogP contribution in [0.15, 0.2) is 134 Å². The molecule has 3 saturated carbocycles. The summed E-state index contributed by atoms with van der Waals surface area (Å²) in [6.45, 7) is 3.21. The van der Waals surface area contributed by atoms with E-state index in [1.54, 1.807) is 13.8 Å². The smallest absolute Gasteiger partial charge is 0.550 e. The van der Waals surface area contributed by atoms with Gasteiger partial charge >= 0.3 is 88.7 Å². The van der Waals surface area contributed by atoms with Crippen LogP contribution in [0, 0.1) is 0 Å². The summed E-state index contributed by atoms with van der Waals surface area (Å²) >= 11 is 12.5. The molecule has 12 rings (SSSR count). The fourth-order valence-electron chi connectivity index (χ4n) is 9.13. The number of hydrogen-bond donors (Lipinski definition) is 0. The second kappa shape index (κ2) is 26.8. The molecular formula is C54H45Br3N9Na3O6S2. The summed E-state index contributed by atoms with van der Waals surface area (Å²) in [6, 6.07) is 37.6. The first kappa shape index (κ1) is 61.7. The number of carboxylic acid groups (broad SMARTS) is 3. The summed E-state index contributed by atoms with van der Waals surface area (Å²) in [5.74, 6) is -0.953. The Morgan fingerprint density at radius 2 is 0.870 bits per heavy atom. The molecule has 0 amide bonds. The predicted molar refractivity (Wildman–Crippen MR) is 290 cm³/mol. The minimum Gasteiger partial charge on any atom is -0.550 e. The normalized spacial score (nSPS) is 13.8. The van der Waals surface area contributed by atoms with Crippen LogP contribution in [0.1, 0.15) is 99.1 Å². The molecule has 0 aliphatic heterocycles. The number of thioether (sulfide) groups is 2. The van der Waals surface area contributed by atoms with Gasteiger partial charge in [-0.25, -0.2) is 0 Å². The average Bonchev–Trinajstić information content (AvgIpc) is 4.33. The number of aryl methyl sites for hydroxylation is 1. The second-order valence-electron chi connectivity index (χ2n) is 18.8. The van der Waals surface area contributed by atoms with E-state index in [1.165, 1.54) is 71.4 Å². The van der Waals surface area contributed by atoms with Crippen LogP contribution in [0.2, 0.25) is 0 Å². The Balaban J connectivity index is 0.000000165. The van der Waals surface area contributed by atoms with Crippen molar-refractivity contribution in [3.8, 4) is 17.1 Å². The second-order valence-corrected chi connectivity index (χ2v) is 23.5. The third-order valence-corrected chi connectivity index (χ3v) is 16.7. The third-order valence-electron chi connectivity index (χ3n) is 13.2. The van der Waals surface area contributed by atoms with Crippen molar-refractivity contribution >= 4 is 122 Å². The van der Waals surface area contributed by atoms with Gasteiger partial charge in [-0.05, 0) is 175 Å². The fourth-order valence-corrected chi connectivity index (χ4v) is 12.3. The largest absolute Gasteiger partial charge is 1.00 e. The summed E-state index contributed by atoms with van der Waals surface area (Å²) in [5.41, 5.74) is 6.96. The van der Waals surface area contributed by atoms with Crippen molar-refractivity contribution in [3.05, 3.63) is 146 Å². The molecule has 23 heteroatoms. The van der Waals surface area contributed by atoms with Crippen LogP contribution in [0.3, 0.4) is 0 Å². The first-order valence-corrected chi connectivity index (χ1v) is 28.2. The fraction of sp³-hybridized carbons (Fsp3) is 0.278. The van der Waals surface area contributed by atoms with Crippen molar-refractivity contribution in [1.29, 1.82) is 0 Å². The Hall–Kier alpha value is -2.93. The number of fused-ring (bicyclic) bond motifs is 3. The molecule has 378 valence electrons. The van der Waals surface area contributed by atoms with Crippen LogP contribution in [0.5, 0.6) is 0 Å². The van der Waals surface area contributed by atoms with Gasteiger partial charge in [0.15, 0.2) is 10.3 Å². The molecule has 0 atom stereocenters. The minimum atomic E-state index is -1.14. The molecule has 15 nitrogen and oxygen atoms in total. The van der Waals surface area contributed by atoms with E-state index in [0.29, 0.717) is 48.1 Å². The van der Waals surface area contributed by atoms with Crippen molar-refractivity contribution in [3.63, 3.8) is 0 Å². The number of hydrogen-bond acceptors (Lipinski definition) is 14. The summed E-state index contributed by atoms with van der Waals surface area (Å²) in [6.07, 6.45) is 7.65.